The molecular formula is C16H19NO2. The highest BCUT2D eigenvalue weighted by atomic mass is 16.5. The molecule has 0 saturated heterocycles. The van der Waals surface area contributed by atoms with Crippen LogP contribution in [-0.4, -0.2) is 18.3 Å². The highest BCUT2D eigenvalue weighted by Crippen LogP contribution is 2.24. The minimum Gasteiger partial charge on any atom is -0.497 e. The molecule has 0 heterocycles. The summed E-state index contributed by atoms with van der Waals surface area (Å²) in [5, 5.41) is 13.3. The van der Waals surface area contributed by atoms with Crippen LogP contribution in [0.25, 0.3) is 0 Å². The molecule has 0 saturated carbocycles. The van der Waals surface area contributed by atoms with Crippen molar-refractivity contribution >= 4 is 5.69 Å². The van der Waals surface area contributed by atoms with E-state index in [9.17, 15) is 5.11 Å². The number of methoxy groups -OCH3 is 1. The van der Waals surface area contributed by atoms with E-state index >= 15 is 0 Å². The third-order valence-corrected chi connectivity index (χ3v) is 3.05. The topological polar surface area (TPSA) is 41.5 Å². The minimum absolute atomic E-state index is 0.130. The summed E-state index contributed by atoms with van der Waals surface area (Å²) < 4.78 is 5.13. The van der Waals surface area contributed by atoms with E-state index in [-0.39, 0.29) is 6.04 Å². The second-order valence-corrected chi connectivity index (χ2v) is 4.50. The zero-order valence-electron chi connectivity index (χ0n) is 11.2. The van der Waals surface area contributed by atoms with Crippen LogP contribution in [-0.2, 0) is 0 Å². The van der Waals surface area contributed by atoms with Gasteiger partial charge in [0.15, 0.2) is 0 Å². The van der Waals surface area contributed by atoms with Crippen molar-refractivity contribution in [3.63, 3.8) is 0 Å². The van der Waals surface area contributed by atoms with Gasteiger partial charge in [0.25, 0.3) is 0 Å². The summed E-state index contributed by atoms with van der Waals surface area (Å²) in [7, 11) is 1.64. The van der Waals surface area contributed by atoms with Gasteiger partial charge in [-0.3, -0.25) is 0 Å². The van der Waals surface area contributed by atoms with Gasteiger partial charge in [0.05, 0.1) is 19.3 Å². The van der Waals surface area contributed by atoms with Crippen LogP contribution >= 0.6 is 0 Å². The number of hydrogen-bond donors (Lipinski definition) is 2. The van der Waals surface area contributed by atoms with E-state index in [1.54, 1.807) is 14.0 Å². The lowest BCUT2D eigenvalue weighted by molar-refractivity contribution is 0.172. The van der Waals surface area contributed by atoms with Gasteiger partial charge in [-0.1, -0.05) is 30.3 Å². The summed E-state index contributed by atoms with van der Waals surface area (Å²) in [6.45, 7) is 1.79. The van der Waals surface area contributed by atoms with Gasteiger partial charge >= 0.3 is 0 Å². The summed E-state index contributed by atoms with van der Waals surface area (Å²) in [5.74, 6) is 0.818. The van der Waals surface area contributed by atoms with Crippen LogP contribution < -0.4 is 10.1 Å². The van der Waals surface area contributed by atoms with Crippen LogP contribution in [0.2, 0.25) is 0 Å². The maximum Gasteiger partial charge on any atom is 0.119 e. The first kappa shape index (κ1) is 13.4. The minimum atomic E-state index is -0.482. The number of anilines is 1. The summed E-state index contributed by atoms with van der Waals surface area (Å²) in [5.41, 5.74) is 2.02. The van der Waals surface area contributed by atoms with Crippen LogP contribution in [0.3, 0.4) is 0 Å². The fraction of sp³-hybridized carbons (Fsp3) is 0.250. The highest BCUT2D eigenvalue weighted by molar-refractivity contribution is 5.48. The third-order valence-electron chi connectivity index (χ3n) is 3.05. The van der Waals surface area contributed by atoms with Gasteiger partial charge in [-0.2, -0.15) is 0 Å². The van der Waals surface area contributed by atoms with E-state index in [1.165, 1.54) is 0 Å². The Labute approximate surface area is 113 Å². The van der Waals surface area contributed by atoms with Gasteiger partial charge < -0.3 is 15.2 Å². The fourth-order valence-corrected chi connectivity index (χ4v) is 2.01. The maximum absolute atomic E-state index is 9.94. The van der Waals surface area contributed by atoms with E-state index in [0.717, 1.165) is 17.0 Å². The Kier molecular flexibility index (Phi) is 4.42. The van der Waals surface area contributed by atoms with Gasteiger partial charge in [0, 0.05) is 5.69 Å². The average molecular weight is 257 g/mol. The molecule has 2 atom stereocenters. The predicted molar refractivity (Wildman–Crippen MR) is 77.5 cm³/mol. The molecule has 2 rings (SSSR count). The molecule has 0 aromatic heterocycles. The molecular weight excluding hydrogens is 238 g/mol. The van der Waals surface area contributed by atoms with Crippen molar-refractivity contribution in [3.8, 4) is 5.75 Å². The lowest BCUT2D eigenvalue weighted by Gasteiger charge is -2.23. The van der Waals surface area contributed by atoms with E-state index in [2.05, 4.69) is 5.32 Å². The molecule has 2 N–H and O–H groups in total. The Balaban J connectivity index is 2.17. The molecule has 0 unspecified atom stereocenters. The predicted octanol–water partition coefficient (Wildman–Crippen LogP) is 3.23. The average Bonchev–Trinajstić information content (AvgIpc) is 2.46. The van der Waals surface area contributed by atoms with Crippen molar-refractivity contribution in [1.29, 1.82) is 0 Å². The van der Waals surface area contributed by atoms with Crippen LogP contribution in [0.5, 0.6) is 5.75 Å². The third kappa shape index (κ3) is 3.48. The van der Waals surface area contributed by atoms with Gasteiger partial charge in [-0.15, -0.1) is 0 Å². The van der Waals surface area contributed by atoms with Gasteiger partial charge in [-0.25, -0.2) is 0 Å². The SMILES string of the molecule is COc1ccc(N[C@@H](c2ccccc2)[C@H](C)O)cc1. The van der Waals surface area contributed by atoms with Crippen LogP contribution in [0.15, 0.2) is 54.6 Å². The molecule has 0 amide bonds. The maximum atomic E-state index is 9.94. The largest absolute Gasteiger partial charge is 0.497 e. The van der Waals surface area contributed by atoms with Crippen LogP contribution in [0.1, 0.15) is 18.5 Å². The lowest BCUT2D eigenvalue weighted by Crippen LogP contribution is -2.22. The van der Waals surface area contributed by atoms with E-state index in [1.807, 2.05) is 54.6 Å². The number of ether oxygens (including phenoxy) is 1. The number of hydrogen-bond acceptors (Lipinski definition) is 3. The number of aliphatic hydroxyl groups excluding tert-OH is 1. The molecule has 3 nitrogen and oxygen atoms in total. The molecule has 100 valence electrons. The Hall–Kier alpha value is -2.00. The van der Waals surface area contributed by atoms with Gasteiger partial charge in [-0.05, 0) is 36.8 Å². The second-order valence-electron chi connectivity index (χ2n) is 4.50. The fourth-order valence-electron chi connectivity index (χ4n) is 2.01. The monoisotopic (exact) mass is 257 g/mol. The normalized spacial score (nSPS) is 13.6. The van der Waals surface area contributed by atoms with Crippen LogP contribution in [0.4, 0.5) is 5.69 Å². The Morgan fingerprint density at radius 3 is 2.16 bits per heavy atom. The van der Waals surface area contributed by atoms with E-state index in [4.69, 9.17) is 4.74 Å². The molecule has 0 radical (unpaired) electrons. The molecule has 3 heteroatoms. The molecule has 19 heavy (non-hydrogen) atoms. The first-order chi connectivity index (χ1) is 9.20. The van der Waals surface area contributed by atoms with Gasteiger partial charge in [0.1, 0.15) is 5.75 Å². The molecule has 2 aromatic carbocycles. The second kappa shape index (κ2) is 6.25. The summed E-state index contributed by atoms with van der Waals surface area (Å²) >= 11 is 0. The summed E-state index contributed by atoms with van der Waals surface area (Å²) in [6.07, 6.45) is -0.482. The van der Waals surface area contributed by atoms with Crippen molar-refractivity contribution in [3.05, 3.63) is 60.2 Å². The zero-order valence-corrected chi connectivity index (χ0v) is 11.2. The lowest BCUT2D eigenvalue weighted by atomic mass is 10.0. The van der Waals surface area contributed by atoms with E-state index in [0.29, 0.717) is 0 Å². The molecule has 0 bridgehead atoms. The molecule has 0 aliphatic carbocycles. The van der Waals surface area contributed by atoms with Gasteiger partial charge in [0.2, 0.25) is 0 Å². The van der Waals surface area contributed by atoms with Crippen molar-refractivity contribution in [2.75, 3.05) is 12.4 Å². The van der Waals surface area contributed by atoms with Crippen molar-refractivity contribution < 1.29 is 9.84 Å². The number of rotatable bonds is 5. The smallest absolute Gasteiger partial charge is 0.119 e. The summed E-state index contributed by atoms with van der Waals surface area (Å²) in [6, 6.07) is 17.5. The van der Waals surface area contributed by atoms with Crippen LogP contribution in [0, 0.1) is 0 Å². The molecule has 0 aliphatic heterocycles. The molecule has 2 aromatic rings. The Morgan fingerprint density at radius 1 is 1.00 bits per heavy atom. The number of benzene rings is 2. The van der Waals surface area contributed by atoms with Crippen molar-refractivity contribution in [2.24, 2.45) is 0 Å². The first-order valence-electron chi connectivity index (χ1n) is 6.34. The molecule has 0 spiro atoms. The Morgan fingerprint density at radius 2 is 1.63 bits per heavy atom. The summed E-state index contributed by atoms with van der Waals surface area (Å²) in [4.78, 5) is 0. The number of nitrogens with one attached hydrogen (secondary N) is 1. The quantitative estimate of drug-likeness (QED) is 0.864. The van der Waals surface area contributed by atoms with Crippen molar-refractivity contribution in [2.45, 2.75) is 19.1 Å². The zero-order chi connectivity index (χ0) is 13.7. The van der Waals surface area contributed by atoms with E-state index < -0.39 is 6.10 Å². The highest BCUT2D eigenvalue weighted by Gasteiger charge is 2.16. The Bertz CT molecular complexity index is 494. The molecule has 0 fully saturated rings. The first-order valence-corrected chi connectivity index (χ1v) is 6.34. The standard InChI is InChI=1S/C16H19NO2/c1-12(18)16(13-6-4-3-5-7-13)17-14-8-10-15(19-2)11-9-14/h3-12,16-18H,1-2H3/t12-,16+/m0/s1. The molecule has 0 aliphatic rings. The number of aliphatic hydroxyl groups is 1. The van der Waals surface area contributed by atoms with Crippen molar-refractivity contribution in [1.82, 2.24) is 0 Å².